The van der Waals surface area contributed by atoms with Crippen molar-refractivity contribution in [1.29, 1.82) is 0 Å². The van der Waals surface area contributed by atoms with E-state index in [0.29, 0.717) is 5.57 Å². The van der Waals surface area contributed by atoms with Gasteiger partial charge >= 0.3 is 0 Å². The number of rotatable bonds is 4. The molecule has 0 saturated carbocycles. The summed E-state index contributed by atoms with van der Waals surface area (Å²) in [6.45, 7) is 6.49. The molecule has 0 aliphatic carbocycles. The smallest absolute Gasteiger partial charge is 0.0794 e. The number of hydrogen-bond donors (Lipinski definition) is 2. The molecule has 0 bridgehead atoms. The minimum Gasteiger partial charge on any atom is -0.312 e. The molecule has 64 valence electrons. The zero-order valence-electron chi connectivity index (χ0n) is 7.12. The molecule has 0 radical (unpaired) electrons. The molecule has 0 amide bonds. The van der Waals surface area contributed by atoms with E-state index in [1.165, 1.54) is 0 Å². The molecular weight excluding hydrogens is 140 g/mol. The maximum Gasteiger partial charge on any atom is 0.0794 e. The van der Waals surface area contributed by atoms with Crippen LogP contribution in [-0.4, -0.2) is 31.0 Å². The predicted octanol–water partition coefficient (Wildman–Crippen LogP) is -0.276. The predicted molar refractivity (Wildman–Crippen MR) is 48.1 cm³/mol. The van der Waals surface area contributed by atoms with E-state index < -0.39 is 6.17 Å². The second-order valence-corrected chi connectivity index (χ2v) is 2.32. The van der Waals surface area contributed by atoms with Gasteiger partial charge in [-0.05, 0) is 12.5 Å². The molecule has 0 fully saturated rings. The first-order valence-corrected chi connectivity index (χ1v) is 3.53. The molecule has 0 unspecified atom stereocenters. The van der Waals surface area contributed by atoms with Crippen molar-refractivity contribution in [3.8, 4) is 0 Å². The summed E-state index contributed by atoms with van der Waals surface area (Å²) in [6.07, 6.45) is 1.07. The van der Waals surface area contributed by atoms with Gasteiger partial charge in [0.1, 0.15) is 0 Å². The highest BCUT2D eigenvalue weighted by molar-refractivity contribution is 5.78. The lowest BCUT2D eigenvalue weighted by Crippen LogP contribution is -2.32. The quantitative estimate of drug-likeness (QED) is 0.334. The zero-order valence-corrected chi connectivity index (χ0v) is 7.12. The van der Waals surface area contributed by atoms with E-state index in [1.807, 2.05) is 14.0 Å². The molecule has 0 aliphatic rings. The van der Waals surface area contributed by atoms with Crippen molar-refractivity contribution in [2.24, 2.45) is 16.6 Å². The van der Waals surface area contributed by atoms with Crippen LogP contribution in [0.25, 0.3) is 0 Å². The Morgan fingerprint density at radius 1 is 1.73 bits per heavy atom. The third-order valence-corrected chi connectivity index (χ3v) is 1.31. The van der Waals surface area contributed by atoms with E-state index in [4.69, 9.17) is 11.5 Å². The van der Waals surface area contributed by atoms with E-state index >= 15 is 0 Å². The van der Waals surface area contributed by atoms with Crippen LogP contribution in [-0.2, 0) is 0 Å². The SMILES string of the molecule is C=C(/C=N\N(C)CC)C(N)N. The van der Waals surface area contributed by atoms with Gasteiger partial charge in [-0.2, -0.15) is 5.10 Å². The minimum absolute atomic E-state index is 0.510. The van der Waals surface area contributed by atoms with Gasteiger partial charge in [-0.1, -0.05) is 6.58 Å². The number of nitrogens with zero attached hydrogens (tertiary/aromatic N) is 2. The Labute approximate surface area is 67.5 Å². The van der Waals surface area contributed by atoms with Crippen LogP contribution in [0.3, 0.4) is 0 Å². The van der Waals surface area contributed by atoms with Gasteiger partial charge in [0.25, 0.3) is 0 Å². The van der Waals surface area contributed by atoms with Crippen LogP contribution in [0.4, 0.5) is 0 Å². The van der Waals surface area contributed by atoms with E-state index in [2.05, 4.69) is 11.7 Å². The molecule has 4 heteroatoms. The highest BCUT2D eigenvalue weighted by Gasteiger charge is 1.95. The molecule has 4 N–H and O–H groups in total. The van der Waals surface area contributed by atoms with Gasteiger partial charge in [0.15, 0.2) is 0 Å². The Bertz CT molecular complexity index is 151. The Kier molecular flexibility index (Phi) is 4.49. The van der Waals surface area contributed by atoms with Gasteiger partial charge in [-0.25, -0.2) is 0 Å². The second-order valence-electron chi connectivity index (χ2n) is 2.32. The summed E-state index contributed by atoms with van der Waals surface area (Å²) in [4.78, 5) is 0. The molecule has 0 aliphatic heterocycles. The molecule has 11 heavy (non-hydrogen) atoms. The van der Waals surface area contributed by atoms with Gasteiger partial charge in [0.05, 0.1) is 12.4 Å². The Morgan fingerprint density at radius 2 is 2.27 bits per heavy atom. The second kappa shape index (κ2) is 4.87. The summed E-state index contributed by atoms with van der Waals surface area (Å²) >= 11 is 0. The van der Waals surface area contributed by atoms with E-state index in [0.717, 1.165) is 6.54 Å². The van der Waals surface area contributed by atoms with E-state index in [-0.39, 0.29) is 0 Å². The number of nitrogens with two attached hydrogens (primary N) is 2. The van der Waals surface area contributed by atoms with Crippen molar-refractivity contribution < 1.29 is 0 Å². The highest BCUT2D eigenvalue weighted by atomic mass is 15.4. The van der Waals surface area contributed by atoms with Gasteiger partial charge in [0.2, 0.25) is 0 Å². The third-order valence-electron chi connectivity index (χ3n) is 1.31. The summed E-state index contributed by atoms with van der Waals surface area (Å²) in [6, 6.07) is 0. The average Bonchev–Trinajstić information content (AvgIpc) is 1.99. The molecular formula is C7H16N4. The summed E-state index contributed by atoms with van der Waals surface area (Å²) in [5, 5.41) is 5.78. The van der Waals surface area contributed by atoms with Crippen molar-refractivity contribution in [2.45, 2.75) is 13.1 Å². The first-order chi connectivity index (χ1) is 5.07. The van der Waals surface area contributed by atoms with Gasteiger partial charge in [-0.3, -0.25) is 0 Å². The first kappa shape index (κ1) is 10.1. The largest absolute Gasteiger partial charge is 0.312 e. The normalized spacial score (nSPS) is 11.0. The number of hydrogen-bond acceptors (Lipinski definition) is 4. The highest BCUT2D eigenvalue weighted by Crippen LogP contribution is 1.87. The lowest BCUT2D eigenvalue weighted by atomic mass is 10.3. The summed E-state index contributed by atoms with van der Waals surface area (Å²) < 4.78 is 0. The van der Waals surface area contributed by atoms with Crippen molar-refractivity contribution >= 4 is 6.21 Å². The van der Waals surface area contributed by atoms with Gasteiger partial charge in [-0.15, -0.1) is 0 Å². The Morgan fingerprint density at radius 3 is 2.64 bits per heavy atom. The standard InChI is InChI=1S/C7H16N4/c1-4-11(3)10-5-6(2)7(8)9/h5,7H,2,4,8-9H2,1,3H3/b10-5-. The number of hydrazone groups is 1. The van der Waals surface area contributed by atoms with E-state index in [1.54, 1.807) is 11.2 Å². The van der Waals surface area contributed by atoms with Crippen LogP contribution in [0.2, 0.25) is 0 Å². The lowest BCUT2D eigenvalue weighted by Gasteiger charge is -2.09. The fraction of sp³-hybridized carbons (Fsp3) is 0.571. The summed E-state index contributed by atoms with van der Waals surface area (Å²) in [5.74, 6) is 0. The van der Waals surface area contributed by atoms with E-state index in [9.17, 15) is 0 Å². The fourth-order valence-corrected chi connectivity index (χ4v) is 0.340. The van der Waals surface area contributed by atoms with Crippen LogP contribution >= 0.6 is 0 Å². The third kappa shape index (κ3) is 4.52. The molecule has 0 aromatic heterocycles. The first-order valence-electron chi connectivity index (χ1n) is 3.53. The molecule has 4 nitrogen and oxygen atoms in total. The van der Waals surface area contributed by atoms with Gasteiger partial charge in [0, 0.05) is 13.6 Å². The van der Waals surface area contributed by atoms with Crippen molar-refractivity contribution in [2.75, 3.05) is 13.6 Å². The van der Waals surface area contributed by atoms with Crippen LogP contribution in [0.15, 0.2) is 17.3 Å². The summed E-state index contributed by atoms with van der Waals surface area (Å²) in [5.41, 5.74) is 11.3. The average molecular weight is 156 g/mol. The molecule has 0 heterocycles. The molecule has 0 atom stereocenters. The van der Waals surface area contributed by atoms with Crippen LogP contribution in [0, 0.1) is 0 Å². The molecule has 0 rings (SSSR count). The summed E-state index contributed by atoms with van der Waals surface area (Å²) in [7, 11) is 1.87. The van der Waals surface area contributed by atoms with Crippen molar-refractivity contribution in [3.63, 3.8) is 0 Å². The molecule has 0 saturated heterocycles. The van der Waals surface area contributed by atoms with Crippen molar-refractivity contribution in [3.05, 3.63) is 12.2 Å². The van der Waals surface area contributed by atoms with Gasteiger partial charge < -0.3 is 16.5 Å². The maximum atomic E-state index is 5.33. The molecule has 0 aromatic carbocycles. The topological polar surface area (TPSA) is 67.6 Å². The molecule has 0 aromatic rings. The van der Waals surface area contributed by atoms with Crippen LogP contribution in [0.5, 0.6) is 0 Å². The maximum absolute atomic E-state index is 5.33. The van der Waals surface area contributed by atoms with Crippen LogP contribution < -0.4 is 11.5 Å². The zero-order chi connectivity index (χ0) is 8.85. The Balaban J connectivity index is 3.83. The Hall–Kier alpha value is -0.870. The minimum atomic E-state index is -0.510. The monoisotopic (exact) mass is 156 g/mol. The van der Waals surface area contributed by atoms with Crippen LogP contribution in [0.1, 0.15) is 6.92 Å². The fourth-order valence-electron chi connectivity index (χ4n) is 0.340. The molecule has 0 spiro atoms. The lowest BCUT2D eigenvalue weighted by molar-refractivity contribution is 0.377. The van der Waals surface area contributed by atoms with Crippen molar-refractivity contribution in [1.82, 2.24) is 5.01 Å².